The zero-order valence-corrected chi connectivity index (χ0v) is 15.6. The molecule has 0 radical (unpaired) electrons. The molecule has 8 heteroatoms. The summed E-state index contributed by atoms with van der Waals surface area (Å²) in [6.45, 7) is 4.02. The Hall–Kier alpha value is -2.45. The third-order valence-corrected chi connectivity index (χ3v) is 4.88. The summed E-state index contributed by atoms with van der Waals surface area (Å²) in [5.74, 6) is 0.762. The lowest BCUT2D eigenvalue weighted by atomic mass is 10.1. The monoisotopic (exact) mass is 370 g/mol. The smallest absolute Gasteiger partial charge is 0.273 e. The molecular weight excluding hydrogens is 344 g/mol. The summed E-state index contributed by atoms with van der Waals surface area (Å²) in [6.07, 6.45) is 4.01. The second-order valence-corrected chi connectivity index (χ2v) is 7.28. The van der Waals surface area contributed by atoms with Crippen molar-refractivity contribution in [2.45, 2.75) is 31.5 Å². The molecule has 2 aromatic rings. The Bertz CT molecular complexity index is 782. The first kappa shape index (κ1) is 17.9. The number of amides is 1. The fourth-order valence-electron chi connectivity index (χ4n) is 3.21. The molecule has 144 valence electrons. The number of likely N-dealkylation sites (N-methyl/N-ethyl adjacent to an activating group) is 1. The quantitative estimate of drug-likeness (QED) is 0.636. The number of nitrogens with zero attached hydrogens (tertiary/aromatic N) is 4. The third-order valence-electron chi connectivity index (χ3n) is 4.88. The minimum Gasteiger partial charge on any atom is -0.492 e. The predicted octanol–water partition coefficient (Wildman–Crippen LogP) is 0.825. The zero-order valence-electron chi connectivity index (χ0n) is 15.6. The minimum absolute atomic E-state index is 0.133. The molecule has 27 heavy (non-hydrogen) atoms. The summed E-state index contributed by atoms with van der Waals surface area (Å²) >= 11 is 0. The first-order valence-corrected chi connectivity index (χ1v) is 9.52. The van der Waals surface area contributed by atoms with Gasteiger partial charge in [0.2, 0.25) is 0 Å². The van der Waals surface area contributed by atoms with Crippen molar-refractivity contribution in [1.29, 1.82) is 0 Å². The Morgan fingerprint density at radius 1 is 1.33 bits per heavy atom. The van der Waals surface area contributed by atoms with Crippen molar-refractivity contribution in [2.24, 2.45) is 0 Å². The molecule has 4 rings (SSSR count). The van der Waals surface area contributed by atoms with E-state index in [1.165, 1.54) is 5.56 Å². The lowest BCUT2D eigenvalue weighted by Gasteiger charge is -2.39. The number of aromatic nitrogens is 3. The number of nitrogens with one attached hydrogen (secondary N) is 2. The van der Waals surface area contributed by atoms with Gasteiger partial charge in [-0.05, 0) is 37.6 Å². The molecule has 1 aromatic heterocycles. The highest BCUT2D eigenvalue weighted by Gasteiger charge is 2.30. The minimum atomic E-state index is -0.133. The van der Waals surface area contributed by atoms with E-state index >= 15 is 0 Å². The summed E-state index contributed by atoms with van der Waals surface area (Å²) in [5, 5.41) is 14.1. The molecule has 0 spiro atoms. The summed E-state index contributed by atoms with van der Waals surface area (Å²) in [5.41, 5.74) is 1.63. The lowest BCUT2D eigenvalue weighted by Crippen LogP contribution is -2.58. The van der Waals surface area contributed by atoms with Gasteiger partial charge in [0.25, 0.3) is 5.91 Å². The van der Waals surface area contributed by atoms with Crippen LogP contribution < -0.4 is 15.4 Å². The maximum Gasteiger partial charge on any atom is 0.273 e. The molecule has 1 saturated carbocycles. The lowest BCUT2D eigenvalue weighted by molar-refractivity contribution is 0.0790. The van der Waals surface area contributed by atoms with Gasteiger partial charge in [0, 0.05) is 26.2 Å². The summed E-state index contributed by atoms with van der Waals surface area (Å²) < 4.78 is 7.51. The molecule has 2 fully saturated rings. The van der Waals surface area contributed by atoms with Crippen LogP contribution in [-0.4, -0.2) is 65.1 Å². The fraction of sp³-hybridized carbons (Fsp3) is 0.526. The number of benzene rings is 1. The Balaban J connectivity index is 1.21. The van der Waals surface area contributed by atoms with Gasteiger partial charge >= 0.3 is 0 Å². The van der Waals surface area contributed by atoms with Crippen LogP contribution in [0.4, 0.5) is 0 Å². The predicted molar refractivity (Wildman–Crippen MR) is 101 cm³/mol. The van der Waals surface area contributed by atoms with E-state index in [2.05, 4.69) is 38.0 Å². The standard InChI is InChI=1S/C19H26N6O2/c1-20-7-8-27-17-4-2-3-14(9-17)10-24-11-15(12-24)21-19(26)18-13-25(23-22-18)16-5-6-16/h2-4,9,13,15-16,20H,5-8,10-12H2,1H3,(H,21,26). The van der Waals surface area contributed by atoms with Crippen molar-refractivity contribution in [3.63, 3.8) is 0 Å². The zero-order chi connectivity index (χ0) is 18.6. The average molecular weight is 370 g/mol. The molecule has 1 saturated heterocycles. The number of hydrogen-bond acceptors (Lipinski definition) is 6. The Morgan fingerprint density at radius 2 is 2.19 bits per heavy atom. The van der Waals surface area contributed by atoms with Gasteiger partial charge in [0.15, 0.2) is 5.69 Å². The molecule has 0 unspecified atom stereocenters. The Kier molecular flexibility index (Phi) is 5.35. The van der Waals surface area contributed by atoms with E-state index in [0.717, 1.165) is 44.8 Å². The Labute approximate surface area is 158 Å². The highest BCUT2D eigenvalue weighted by atomic mass is 16.5. The number of rotatable bonds is 9. The molecule has 8 nitrogen and oxygen atoms in total. The molecule has 0 bridgehead atoms. The van der Waals surface area contributed by atoms with Crippen LogP contribution in [0.5, 0.6) is 5.75 Å². The molecule has 1 aliphatic heterocycles. The van der Waals surface area contributed by atoms with Crippen LogP contribution in [-0.2, 0) is 6.54 Å². The topological polar surface area (TPSA) is 84.3 Å². The van der Waals surface area contributed by atoms with Gasteiger partial charge < -0.3 is 15.4 Å². The molecule has 2 aliphatic rings. The van der Waals surface area contributed by atoms with Crippen LogP contribution in [0.3, 0.4) is 0 Å². The van der Waals surface area contributed by atoms with Crippen molar-refractivity contribution < 1.29 is 9.53 Å². The largest absolute Gasteiger partial charge is 0.492 e. The molecule has 1 amide bonds. The number of likely N-dealkylation sites (tertiary alicyclic amines) is 1. The third kappa shape index (κ3) is 4.64. The second kappa shape index (κ2) is 8.06. The van der Waals surface area contributed by atoms with Crippen LogP contribution >= 0.6 is 0 Å². The van der Waals surface area contributed by atoms with Gasteiger partial charge in [0.1, 0.15) is 12.4 Å². The summed E-state index contributed by atoms with van der Waals surface area (Å²) in [4.78, 5) is 14.6. The van der Waals surface area contributed by atoms with Crippen molar-refractivity contribution in [3.05, 3.63) is 41.7 Å². The number of carbonyl (C=O) groups excluding carboxylic acids is 1. The molecular formula is C19H26N6O2. The SMILES string of the molecule is CNCCOc1cccc(CN2CC(NC(=O)c3cn(C4CC4)nn3)C2)c1. The first-order valence-electron chi connectivity index (χ1n) is 9.52. The van der Waals surface area contributed by atoms with Gasteiger partial charge in [0.05, 0.1) is 18.3 Å². The second-order valence-electron chi connectivity index (χ2n) is 7.28. The van der Waals surface area contributed by atoms with Crippen molar-refractivity contribution in [2.75, 3.05) is 33.3 Å². The van der Waals surface area contributed by atoms with Gasteiger partial charge in [-0.25, -0.2) is 4.68 Å². The normalized spacial score (nSPS) is 17.5. The van der Waals surface area contributed by atoms with Gasteiger partial charge in [-0.15, -0.1) is 5.10 Å². The van der Waals surface area contributed by atoms with E-state index in [1.54, 1.807) is 10.9 Å². The van der Waals surface area contributed by atoms with Crippen LogP contribution in [0.2, 0.25) is 0 Å². The van der Waals surface area contributed by atoms with Crippen molar-refractivity contribution in [1.82, 2.24) is 30.5 Å². The van der Waals surface area contributed by atoms with E-state index in [-0.39, 0.29) is 11.9 Å². The van der Waals surface area contributed by atoms with Gasteiger partial charge in [-0.3, -0.25) is 9.69 Å². The Morgan fingerprint density at radius 3 is 2.96 bits per heavy atom. The maximum absolute atomic E-state index is 12.3. The maximum atomic E-state index is 12.3. The molecule has 1 aromatic carbocycles. The summed E-state index contributed by atoms with van der Waals surface area (Å²) in [6, 6.07) is 8.79. The van der Waals surface area contributed by atoms with E-state index in [9.17, 15) is 4.79 Å². The van der Waals surface area contributed by atoms with Gasteiger partial charge in [-0.1, -0.05) is 17.3 Å². The van der Waals surface area contributed by atoms with Crippen molar-refractivity contribution in [3.8, 4) is 5.75 Å². The first-order chi connectivity index (χ1) is 13.2. The van der Waals surface area contributed by atoms with Crippen LogP contribution in [0.1, 0.15) is 34.9 Å². The highest BCUT2D eigenvalue weighted by Crippen LogP contribution is 2.33. The molecule has 2 heterocycles. The van der Waals surface area contributed by atoms with E-state index in [0.29, 0.717) is 18.3 Å². The molecule has 1 aliphatic carbocycles. The summed E-state index contributed by atoms with van der Waals surface area (Å²) in [7, 11) is 1.91. The van der Waals surface area contributed by atoms with Crippen LogP contribution in [0, 0.1) is 0 Å². The number of hydrogen-bond donors (Lipinski definition) is 2. The molecule has 2 N–H and O–H groups in total. The fourth-order valence-corrected chi connectivity index (χ4v) is 3.21. The van der Waals surface area contributed by atoms with Crippen LogP contribution in [0.25, 0.3) is 0 Å². The number of ether oxygens (including phenoxy) is 1. The molecule has 0 atom stereocenters. The number of carbonyl (C=O) groups is 1. The van der Waals surface area contributed by atoms with Crippen LogP contribution in [0.15, 0.2) is 30.5 Å². The van der Waals surface area contributed by atoms with E-state index < -0.39 is 0 Å². The van der Waals surface area contributed by atoms with E-state index in [1.807, 2.05) is 19.2 Å². The van der Waals surface area contributed by atoms with E-state index in [4.69, 9.17) is 4.74 Å². The van der Waals surface area contributed by atoms with Gasteiger partial charge in [-0.2, -0.15) is 0 Å². The average Bonchev–Trinajstić information content (AvgIpc) is 3.37. The highest BCUT2D eigenvalue weighted by molar-refractivity contribution is 5.92. The van der Waals surface area contributed by atoms with Crippen molar-refractivity contribution >= 4 is 5.91 Å².